The van der Waals surface area contributed by atoms with Crippen LogP contribution >= 0.6 is 0 Å². The molecule has 11 nitrogen and oxygen atoms in total. The molecule has 0 radical (unpaired) electrons. The molecular weight excluding hydrogens is 490 g/mol. The zero-order valence-corrected chi connectivity index (χ0v) is 22.9. The van der Waals surface area contributed by atoms with E-state index in [9.17, 15) is 29.4 Å². The number of nitrogens with one attached hydrogen (secondary N) is 3. The molecule has 0 saturated heterocycles. The second-order valence-electron chi connectivity index (χ2n) is 10.5. The summed E-state index contributed by atoms with van der Waals surface area (Å²) in [5.74, 6) is -2.61. The van der Waals surface area contributed by atoms with E-state index in [1.165, 1.54) is 12.1 Å². The van der Waals surface area contributed by atoms with E-state index in [1.807, 2.05) is 27.7 Å². The average molecular weight is 536 g/mol. The summed E-state index contributed by atoms with van der Waals surface area (Å²) < 4.78 is 0. The summed E-state index contributed by atoms with van der Waals surface area (Å²) in [4.78, 5) is 50.9. The number of nitrogens with two attached hydrogens (primary N) is 2. The van der Waals surface area contributed by atoms with Crippen molar-refractivity contribution in [2.75, 3.05) is 6.54 Å². The van der Waals surface area contributed by atoms with Gasteiger partial charge in [-0.1, -0.05) is 39.8 Å². The molecule has 214 valence electrons. The molecule has 0 fully saturated rings. The number of aromatic hydroxyl groups is 1. The Morgan fingerprint density at radius 3 is 1.84 bits per heavy atom. The van der Waals surface area contributed by atoms with Gasteiger partial charge in [0.05, 0.1) is 6.04 Å². The van der Waals surface area contributed by atoms with Gasteiger partial charge in [0.2, 0.25) is 17.7 Å². The number of aliphatic carboxylic acids is 1. The first-order valence-corrected chi connectivity index (χ1v) is 13.2. The standard InChI is InChI=1S/C27H45N5O6/c1-16(2)13-20(29)24(34)30-21(7-5-6-12-28)25(35)31-22(14-17(3)4)26(36)32-23(27(37)38)15-18-8-10-19(33)11-9-18/h8-11,16-17,20-23,33H,5-7,12-15,28-29H2,1-4H3,(H,30,34)(H,31,35)(H,32,36)(H,37,38). The topological polar surface area (TPSA) is 197 Å². The van der Waals surface area contributed by atoms with Crippen LogP contribution in [0.5, 0.6) is 5.75 Å². The number of benzene rings is 1. The first-order valence-electron chi connectivity index (χ1n) is 13.2. The number of rotatable bonds is 17. The SMILES string of the molecule is CC(C)CC(N)C(=O)NC(CCCCN)C(=O)NC(CC(C)C)C(=O)NC(Cc1ccc(O)cc1)C(=O)O. The van der Waals surface area contributed by atoms with Crippen LogP contribution in [0.4, 0.5) is 0 Å². The summed E-state index contributed by atoms with van der Waals surface area (Å²) in [7, 11) is 0. The first-order chi connectivity index (χ1) is 17.8. The third-order valence-corrected chi connectivity index (χ3v) is 5.97. The van der Waals surface area contributed by atoms with Gasteiger partial charge < -0.3 is 37.6 Å². The van der Waals surface area contributed by atoms with E-state index in [2.05, 4.69) is 16.0 Å². The molecule has 0 aliphatic heterocycles. The number of carbonyl (C=O) groups is 4. The van der Waals surface area contributed by atoms with E-state index in [-0.39, 0.29) is 30.4 Å². The number of carboxylic acid groups (broad SMARTS) is 1. The van der Waals surface area contributed by atoms with E-state index in [4.69, 9.17) is 11.5 Å². The molecule has 4 atom stereocenters. The molecule has 1 rings (SSSR count). The van der Waals surface area contributed by atoms with Gasteiger partial charge in [-0.15, -0.1) is 0 Å². The molecule has 1 aromatic carbocycles. The van der Waals surface area contributed by atoms with Crippen LogP contribution in [-0.2, 0) is 25.6 Å². The Balaban J connectivity index is 3.01. The van der Waals surface area contributed by atoms with Gasteiger partial charge in [0.1, 0.15) is 23.9 Å². The van der Waals surface area contributed by atoms with Crippen molar-refractivity contribution in [1.82, 2.24) is 16.0 Å². The zero-order chi connectivity index (χ0) is 28.8. The molecule has 0 heterocycles. The molecule has 0 aliphatic rings. The molecule has 0 bridgehead atoms. The number of carbonyl (C=O) groups excluding carboxylic acids is 3. The summed E-state index contributed by atoms with van der Waals surface area (Å²) in [5, 5.41) is 27.1. The van der Waals surface area contributed by atoms with Crippen LogP contribution in [0.2, 0.25) is 0 Å². The largest absolute Gasteiger partial charge is 0.508 e. The summed E-state index contributed by atoms with van der Waals surface area (Å²) in [6.45, 7) is 8.08. The predicted octanol–water partition coefficient (Wildman–Crippen LogP) is 1.02. The lowest BCUT2D eigenvalue weighted by molar-refractivity contribution is -0.142. The zero-order valence-electron chi connectivity index (χ0n) is 22.9. The number of hydrogen-bond donors (Lipinski definition) is 7. The molecule has 9 N–H and O–H groups in total. The van der Waals surface area contributed by atoms with Crippen LogP contribution < -0.4 is 27.4 Å². The number of hydrogen-bond acceptors (Lipinski definition) is 7. The molecule has 3 amide bonds. The molecule has 0 spiro atoms. The Kier molecular flexibility index (Phi) is 14.4. The van der Waals surface area contributed by atoms with E-state index < -0.39 is 47.9 Å². The van der Waals surface area contributed by atoms with E-state index in [0.717, 1.165) is 0 Å². The highest BCUT2D eigenvalue weighted by atomic mass is 16.4. The predicted molar refractivity (Wildman–Crippen MR) is 145 cm³/mol. The lowest BCUT2D eigenvalue weighted by Gasteiger charge is -2.26. The summed E-state index contributed by atoms with van der Waals surface area (Å²) >= 11 is 0. The maximum atomic E-state index is 13.2. The Hall–Kier alpha value is -3.18. The molecule has 38 heavy (non-hydrogen) atoms. The normalized spacial score (nSPS) is 14.4. The van der Waals surface area contributed by atoms with Gasteiger partial charge in [-0.3, -0.25) is 14.4 Å². The van der Waals surface area contributed by atoms with Crippen molar-refractivity contribution in [2.45, 2.75) is 90.4 Å². The fourth-order valence-corrected chi connectivity index (χ4v) is 3.97. The Labute approximate surface area is 225 Å². The van der Waals surface area contributed by atoms with Gasteiger partial charge in [-0.2, -0.15) is 0 Å². The number of phenols is 1. The maximum absolute atomic E-state index is 13.2. The van der Waals surface area contributed by atoms with Crippen LogP contribution in [-0.4, -0.2) is 64.6 Å². The van der Waals surface area contributed by atoms with E-state index in [0.29, 0.717) is 37.8 Å². The van der Waals surface area contributed by atoms with Crippen molar-refractivity contribution in [3.8, 4) is 5.75 Å². The molecule has 11 heteroatoms. The van der Waals surface area contributed by atoms with Crippen molar-refractivity contribution in [3.63, 3.8) is 0 Å². The summed E-state index contributed by atoms with van der Waals surface area (Å²) in [5.41, 5.74) is 12.2. The van der Waals surface area contributed by atoms with Gasteiger partial charge in [0.15, 0.2) is 0 Å². The highest BCUT2D eigenvalue weighted by Gasteiger charge is 2.30. The monoisotopic (exact) mass is 535 g/mol. The summed E-state index contributed by atoms with van der Waals surface area (Å²) in [6.07, 6.45) is 2.28. The minimum atomic E-state index is -1.24. The number of unbranched alkanes of at least 4 members (excludes halogenated alkanes) is 1. The smallest absolute Gasteiger partial charge is 0.326 e. The second-order valence-corrected chi connectivity index (χ2v) is 10.5. The van der Waals surface area contributed by atoms with Gasteiger partial charge >= 0.3 is 5.97 Å². The van der Waals surface area contributed by atoms with Crippen molar-refractivity contribution >= 4 is 23.7 Å². The van der Waals surface area contributed by atoms with Gasteiger partial charge in [-0.25, -0.2) is 4.79 Å². The highest BCUT2D eigenvalue weighted by Crippen LogP contribution is 2.13. The molecule has 0 aliphatic carbocycles. The van der Waals surface area contributed by atoms with Crippen LogP contribution in [0.1, 0.15) is 65.4 Å². The Bertz CT molecular complexity index is 906. The van der Waals surface area contributed by atoms with Crippen LogP contribution in [0.15, 0.2) is 24.3 Å². The number of amides is 3. The average Bonchev–Trinajstić information content (AvgIpc) is 2.82. The van der Waals surface area contributed by atoms with Crippen molar-refractivity contribution < 1.29 is 29.4 Å². The molecule has 1 aromatic rings. The van der Waals surface area contributed by atoms with Crippen LogP contribution in [0, 0.1) is 11.8 Å². The summed E-state index contributed by atoms with van der Waals surface area (Å²) in [6, 6.07) is 2.07. The van der Waals surface area contributed by atoms with Crippen LogP contribution in [0.25, 0.3) is 0 Å². The maximum Gasteiger partial charge on any atom is 0.326 e. The Morgan fingerprint density at radius 1 is 0.789 bits per heavy atom. The molecular formula is C27H45N5O6. The fourth-order valence-electron chi connectivity index (χ4n) is 3.97. The third-order valence-electron chi connectivity index (χ3n) is 5.97. The molecule has 0 saturated carbocycles. The van der Waals surface area contributed by atoms with E-state index >= 15 is 0 Å². The van der Waals surface area contributed by atoms with Gasteiger partial charge in [-0.05, 0) is 68.2 Å². The van der Waals surface area contributed by atoms with Gasteiger partial charge in [0.25, 0.3) is 0 Å². The van der Waals surface area contributed by atoms with Crippen molar-refractivity contribution in [1.29, 1.82) is 0 Å². The highest BCUT2D eigenvalue weighted by molar-refractivity contribution is 5.94. The van der Waals surface area contributed by atoms with Crippen molar-refractivity contribution in [2.24, 2.45) is 23.3 Å². The minimum Gasteiger partial charge on any atom is -0.508 e. The van der Waals surface area contributed by atoms with E-state index in [1.54, 1.807) is 12.1 Å². The molecule has 4 unspecified atom stereocenters. The quantitative estimate of drug-likeness (QED) is 0.143. The fraction of sp³-hybridized carbons (Fsp3) is 0.630. The van der Waals surface area contributed by atoms with Crippen LogP contribution in [0.3, 0.4) is 0 Å². The van der Waals surface area contributed by atoms with Crippen molar-refractivity contribution in [3.05, 3.63) is 29.8 Å². The van der Waals surface area contributed by atoms with Gasteiger partial charge in [0, 0.05) is 6.42 Å². The first kappa shape index (κ1) is 32.8. The molecule has 0 aromatic heterocycles. The number of carboxylic acids is 1. The second kappa shape index (κ2) is 16.6. The minimum absolute atomic E-state index is 0.00475. The lowest BCUT2D eigenvalue weighted by Crippen LogP contribution is -2.57. The number of phenolic OH excluding ortho intramolecular Hbond substituents is 1. The lowest BCUT2D eigenvalue weighted by atomic mass is 10.00. The third kappa shape index (κ3) is 12.4. The Morgan fingerprint density at radius 2 is 1.32 bits per heavy atom.